The zero-order valence-electron chi connectivity index (χ0n) is 15.8. The predicted octanol–water partition coefficient (Wildman–Crippen LogP) is 4.29. The second-order valence-electron chi connectivity index (χ2n) is 6.72. The molecule has 0 aliphatic carbocycles. The van der Waals surface area contributed by atoms with Crippen molar-refractivity contribution < 1.29 is 14.3 Å². The van der Waals surface area contributed by atoms with Gasteiger partial charge in [0.25, 0.3) is 5.91 Å². The lowest BCUT2D eigenvalue weighted by atomic mass is 10.1. The van der Waals surface area contributed by atoms with Crippen LogP contribution < -0.4 is 20.1 Å². The van der Waals surface area contributed by atoms with Gasteiger partial charge in [-0.15, -0.1) is 0 Å². The SMILES string of the molecule is Cc1ccc(NC(=O)c2cc(NCc3ccc4c(c3)OCO4)ccn2)cc1C. The number of hydrogen-bond acceptors (Lipinski definition) is 5. The molecule has 6 nitrogen and oxygen atoms in total. The second kappa shape index (κ2) is 7.60. The second-order valence-corrected chi connectivity index (χ2v) is 6.72. The fourth-order valence-electron chi connectivity index (χ4n) is 2.93. The van der Waals surface area contributed by atoms with Crippen LogP contribution in [0.5, 0.6) is 11.5 Å². The monoisotopic (exact) mass is 375 g/mol. The maximum absolute atomic E-state index is 12.5. The number of nitrogens with zero attached hydrogens (tertiary/aromatic N) is 1. The number of aryl methyl sites for hydroxylation is 2. The lowest BCUT2D eigenvalue weighted by Gasteiger charge is -2.10. The summed E-state index contributed by atoms with van der Waals surface area (Å²) >= 11 is 0. The van der Waals surface area contributed by atoms with Gasteiger partial charge in [0, 0.05) is 24.1 Å². The minimum atomic E-state index is -0.241. The Bertz CT molecular complexity index is 1030. The van der Waals surface area contributed by atoms with Gasteiger partial charge in [-0.25, -0.2) is 0 Å². The molecule has 3 aromatic rings. The highest BCUT2D eigenvalue weighted by atomic mass is 16.7. The number of aromatic nitrogens is 1. The van der Waals surface area contributed by atoms with Crippen molar-refractivity contribution in [3.63, 3.8) is 0 Å². The number of fused-ring (bicyclic) bond motifs is 1. The third kappa shape index (κ3) is 3.91. The molecule has 0 saturated carbocycles. The van der Waals surface area contributed by atoms with E-state index in [1.54, 1.807) is 12.3 Å². The number of pyridine rings is 1. The zero-order valence-corrected chi connectivity index (χ0v) is 15.8. The Labute approximate surface area is 163 Å². The third-order valence-corrected chi connectivity index (χ3v) is 4.69. The van der Waals surface area contributed by atoms with Crippen molar-refractivity contribution in [2.45, 2.75) is 20.4 Å². The summed E-state index contributed by atoms with van der Waals surface area (Å²) in [6.07, 6.45) is 1.62. The highest BCUT2D eigenvalue weighted by Crippen LogP contribution is 2.32. The largest absolute Gasteiger partial charge is 0.454 e. The van der Waals surface area contributed by atoms with Gasteiger partial charge in [-0.05, 0) is 66.9 Å². The molecule has 0 fully saturated rings. The van der Waals surface area contributed by atoms with E-state index in [1.807, 2.05) is 56.3 Å². The fourth-order valence-corrected chi connectivity index (χ4v) is 2.93. The Morgan fingerprint density at radius 2 is 1.82 bits per heavy atom. The minimum Gasteiger partial charge on any atom is -0.454 e. The van der Waals surface area contributed by atoms with Gasteiger partial charge in [0.2, 0.25) is 6.79 Å². The van der Waals surface area contributed by atoms with Gasteiger partial charge in [-0.1, -0.05) is 12.1 Å². The van der Waals surface area contributed by atoms with Crippen molar-refractivity contribution in [2.75, 3.05) is 17.4 Å². The normalized spacial score (nSPS) is 11.9. The lowest BCUT2D eigenvalue weighted by Crippen LogP contribution is -2.14. The zero-order chi connectivity index (χ0) is 19.5. The highest BCUT2D eigenvalue weighted by Gasteiger charge is 2.13. The van der Waals surface area contributed by atoms with E-state index in [2.05, 4.69) is 15.6 Å². The molecule has 0 atom stereocenters. The lowest BCUT2D eigenvalue weighted by molar-refractivity contribution is 0.102. The molecule has 0 radical (unpaired) electrons. The Hall–Kier alpha value is -3.54. The number of nitrogens with one attached hydrogen (secondary N) is 2. The number of carbonyl (C=O) groups is 1. The van der Waals surface area contributed by atoms with Gasteiger partial charge < -0.3 is 20.1 Å². The molecule has 1 aliphatic heterocycles. The van der Waals surface area contributed by atoms with E-state index in [0.29, 0.717) is 12.2 Å². The number of carbonyl (C=O) groups excluding carboxylic acids is 1. The maximum Gasteiger partial charge on any atom is 0.274 e. The standard InChI is InChI=1S/C22H21N3O3/c1-14-3-5-18(9-15(14)2)25-22(26)19-11-17(7-8-23-19)24-12-16-4-6-20-21(10-16)28-13-27-20/h3-11H,12-13H2,1-2H3,(H,23,24)(H,25,26). The van der Waals surface area contributed by atoms with Gasteiger partial charge >= 0.3 is 0 Å². The van der Waals surface area contributed by atoms with Crippen molar-refractivity contribution in [1.29, 1.82) is 0 Å². The number of amides is 1. The molecule has 2 aromatic carbocycles. The van der Waals surface area contributed by atoms with Crippen molar-refractivity contribution >= 4 is 17.3 Å². The maximum atomic E-state index is 12.5. The van der Waals surface area contributed by atoms with E-state index < -0.39 is 0 Å². The van der Waals surface area contributed by atoms with Crippen LogP contribution in [0, 0.1) is 13.8 Å². The Kier molecular flexibility index (Phi) is 4.85. The fraction of sp³-hybridized carbons (Fsp3) is 0.182. The van der Waals surface area contributed by atoms with E-state index in [1.165, 1.54) is 5.56 Å². The Morgan fingerprint density at radius 1 is 0.964 bits per heavy atom. The number of rotatable bonds is 5. The van der Waals surface area contributed by atoms with E-state index in [9.17, 15) is 4.79 Å². The van der Waals surface area contributed by atoms with Crippen molar-refractivity contribution in [2.24, 2.45) is 0 Å². The molecule has 1 aliphatic rings. The Balaban J connectivity index is 1.42. The van der Waals surface area contributed by atoms with Crippen LogP contribution >= 0.6 is 0 Å². The van der Waals surface area contributed by atoms with Crippen LogP contribution in [0.4, 0.5) is 11.4 Å². The van der Waals surface area contributed by atoms with Crippen LogP contribution in [0.3, 0.4) is 0 Å². The van der Waals surface area contributed by atoms with Gasteiger partial charge in [0.15, 0.2) is 11.5 Å². The quantitative estimate of drug-likeness (QED) is 0.696. The average molecular weight is 375 g/mol. The first-order valence-electron chi connectivity index (χ1n) is 9.05. The molecule has 2 N–H and O–H groups in total. The average Bonchev–Trinajstić information content (AvgIpc) is 3.17. The predicted molar refractivity (Wildman–Crippen MR) is 108 cm³/mol. The van der Waals surface area contributed by atoms with Crippen LogP contribution in [0.25, 0.3) is 0 Å². The summed E-state index contributed by atoms with van der Waals surface area (Å²) in [7, 11) is 0. The molecule has 28 heavy (non-hydrogen) atoms. The summed E-state index contributed by atoms with van der Waals surface area (Å²) in [5, 5.41) is 6.21. The molecule has 2 heterocycles. The van der Waals surface area contributed by atoms with Gasteiger partial charge in [0.05, 0.1) is 0 Å². The minimum absolute atomic E-state index is 0.241. The Morgan fingerprint density at radius 3 is 2.68 bits per heavy atom. The van der Waals surface area contributed by atoms with Crippen LogP contribution in [-0.4, -0.2) is 17.7 Å². The number of hydrogen-bond donors (Lipinski definition) is 2. The topological polar surface area (TPSA) is 72.5 Å². The van der Waals surface area contributed by atoms with Crippen molar-refractivity contribution in [3.8, 4) is 11.5 Å². The molecule has 0 spiro atoms. The summed E-state index contributed by atoms with van der Waals surface area (Å²) in [6, 6.07) is 15.2. The summed E-state index contributed by atoms with van der Waals surface area (Å²) in [4.78, 5) is 16.7. The van der Waals surface area contributed by atoms with Crippen molar-refractivity contribution in [3.05, 3.63) is 77.1 Å². The first-order valence-corrected chi connectivity index (χ1v) is 9.05. The van der Waals surface area contributed by atoms with Gasteiger partial charge in [0.1, 0.15) is 5.69 Å². The van der Waals surface area contributed by atoms with E-state index in [0.717, 1.165) is 34.0 Å². The summed E-state index contributed by atoms with van der Waals surface area (Å²) in [5.74, 6) is 1.27. The summed E-state index contributed by atoms with van der Waals surface area (Å²) in [6.45, 7) is 4.91. The third-order valence-electron chi connectivity index (χ3n) is 4.69. The first kappa shape index (κ1) is 17.9. The highest BCUT2D eigenvalue weighted by molar-refractivity contribution is 6.03. The summed E-state index contributed by atoms with van der Waals surface area (Å²) < 4.78 is 10.7. The van der Waals surface area contributed by atoms with Crippen molar-refractivity contribution in [1.82, 2.24) is 4.98 Å². The molecule has 6 heteroatoms. The molecule has 0 bridgehead atoms. The van der Waals surface area contributed by atoms with Gasteiger partial charge in [-0.2, -0.15) is 0 Å². The molecule has 1 amide bonds. The molecule has 0 unspecified atom stereocenters. The molecule has 1 aromatic heterocycles. The number of ether oxygens (including phenoxy) is 2. The van der Waals surface area contributed by atoms with E-state index >= 15 is 0 Å². The smallest absolute Gasteiger partial charge is 0.274 e. The van der Waals surface area contributed by atoms with E-state index in [4.69, 9.17) is 9.47 Å². The van der Waals surface area contributed by atoms with E-state index in [-0.39, 0.29) is 12.7 Å². The van der Waals surface area contributed by atoms with Crippen LogP contribution in [0.2, 0.25) is 0 Å². The first-order chi connectivity index (χ1) is 13.6. The van der Waals surface area contributed by atoms with Crippen LogP contribution in [0.1, 0.15) is 27.2 Å². The van der Waals surface area contributed by atoms with Crippen LogP contribution in [0.15, 0.2) is 54.7 Å². The number of benzene rings is 2. The molecular weight excluding hydrogens is 354 g/mol. The summed E-state index contributed by atoms with van der Waals surface area (Å²) in [5.41, 5.74) is 5.30. The number of anilines is 2. The molecule has 4 rings (SSSR count). The molecular formula is C22H21N3O3. The molecule has 142 valence electrons. The molecule has 0 saturated heterocycles. The van der Waals surface area contributed by atoms with Gasteiger partial charge in [-0.3, -0.25) is 9.78 Å². The van der Waals surface area contributed by atoms with Crippen LogP contribution in [-0.2, 0) is 6.54 Å².